The lowest BCUT2D eigenvalue weighted by molar-refractivity contribution is 0.0601. The van der Waals surface area contributed by atoms with Gasteiger partial charge in [-0.05, 0) is 25.1 Å². The van der Waals surface area contributed by atoms with Crippen molar-refractivity contribution in [3.05, 3.63) is 35.7 Å². The molecule has 0 aliphatic rings. The number of hydrogen-bond donors (Lipinski definition) is 1. The van der Waals surface area contributed by atoms with Crippen molar-refractivity contribution < 1.29 is 26.4 Å². The highest BCUT2D eigenvalue weighted by Crippen LogP contribution is 2.25. The number of hydrogen-bond acceptors (Lipinski definition) is 7. The zero-order chi connectivity index (χ0) is 19.0. The summed E-state index contributed by atoms with van der Waals surface area (Å²) in [5.41, 5.74) is 0.0953. The van der Waals surface area contributed by atoms with Crippen LogP contribution in [0.3, 0.4) is 0 Å². The first-order chi connectivity index (χ1) is 11.5. The molecule has 0 atom stereocenters. The highest BCUT2D eigenvalue weighted by Gasteiger charge is 2.24. The molecule has 1 aromatic heterocycles. The number of carbonyl (C=O) groups is 1. The summed E-state index contributed by atoms with van der Waals surface area (Å²) >= 11 is 0. The molecule has 0 spiro atoms. The zero-order valence-electron chi connectivity index (χ0n) is 14.0. The number of aryl methyl sites for hydroxylation is 1. The molecule has 0 radical (unpaired) electrons. The van der Waals surface area contributed by atoms with Gasteiger partial charge < -0.3 is 4.74 Å². The van der Waals surface area contributed by atoms with Gasteiger partial charge in [0.05, 0.1) is 35.1 Å². The molecular weight excluding hydrogens is 370 g/mol. The predicted octanol–water partition coefficient (Wildman–Crippen LogP) is 0.719. The molecule has 0 amide bonds. The zero-order valence-corrected chi connectivity index (χ0v) is 15.6. The number of benzene rings is 1. The van der Waals surface area contributed by atoms with Crippen molar-refractivity contribution in [1.82, 2.24) is 9.78 Å². The summed E-state index contributed by atoms with van der Waals surface area (Å²) in [6.45, 7) is 1.58. The van der Waals surface area contributed by atoms with Gasteiger partial charge in [0.15, 0.2) is 9.84 Å². The van der Waals surface area contributed by atoms with Gasteiger partial charge in [-0.2, -0.15) is 5.10 Å². The number of ether oxygens (including phenoxy) is 1. The number of nitrogens with zero attached hydrogens (tertiary/aromatic N) is 2. The minimum Gasteiger partial charge on any atom is -0.465 e. The quantitative estimate of drug-likeness (QED) is 0.750. The maximum Gasteiger partial charge on any atom is 0.340 e. The number of anilines is 1. The van der Waals surface area contributed by atoms with Crippen molar-refractivity contribution in [3.63, 3.8) is 0 Å². The molecule has 136 valence electrons. The van der Waals surface area contributed by atoms with Crippen LogP contribution in [-0.4, -0.2) is 46.0 Å². The second-order valence-electron chi connectivity index (χ2n) is 5.29. The van der Waals surface area contributed by atoms with E-state index in [1.54, 1.807) is 14.0 Å². The van der Waals surface area contributed by atoms with Gasteiger partial charge in [-0.3, -0.25) is 9.40 Å². The number of methoxy groups -OCH3 is 1. The maximum absolute atomic E-state index is 12.5. The number of rotatable bonds is 5. The number of sulfonamides is 1. The van der Waals surface area contributed by atoms with Crippen LogP contribution in [-0.2, 0) is 31.6 Å². The van der Waals surface area contributed by atoms with E-state index in [9.17, 15) is 21.6 Å². The van der Waals surface area contributed by atoms with Gasteiger partial charge in [-0.25, -0.2) is 21.6 Å². The Kier molecular flexibility index (Phi) is 4.91. The Labute approximate surface area is 145 Å². The molecule has 0 saturated heterocycles. The Balaban J connectivity index is 2.55. The minimum atomic E-state index is -4.03. The second-order valence-corrected chi connectivity index (χ2v) is 8.96. The van der Waals surface area contributed by atoms with Gasteiger partial charge >= 0.3 is 5.97 Å². The van der Waals surface area contributed by atoms with Crippen LogP contribution in [0, 0.1) is 6.92 Å². The molecule has 25 heavy (non-hydrogen) atoms. The summed E-state index contributed by atoms with van der Waals surface area (Å²) in [4.78, 5) is 11.8. The van der Waals surface area contributed by atoms with Crippen LogP contribution in [0.25, 0.3) is 0 Å². The van der Waals surface area contributed by atoms with Gasteiger partial charge in [0.1, 0.15) is 4.90 Å². The Morgan fingerprint density at radius 1 is 1.24 bits per heavy atom. The Bertz CT molecular complexity index is 1040. The molecule has 11 heteroatoms. The lowest BCUT2D eigenvalue weighted by Crippen LogP contribution is -2.17. The Morgan fingerprint density at radius 3 is 2.36 bits per heavy atom. The first kappa shape index (κ1) is 18.9. The summed E-state index contributed by atoms with van der Waals surface area (Å²) < 4.78 is 56.7. The van der Waals surface area contributed by atoms with Crippen molar-refractivity contribution in [2.75, 3.05) is 18.1 Å². The molecule has 0 bridgehead atoms. The lowest BCUT2D eigenvalue weighted by atomic mass is 10.2. The van der Waals surface area contributed by atoms with E-state index in [4.69, 9.17) is 0 Å². The lowest BCUT2D eigenvalue weighted by Gasteiger charge is -2.12. The number of esters is 1. The second kappa shape index (κ2) is 6.48. The summed E-state index contributed by atoms with van der Waals surface area (Å²) in [7, 11) is -4.91. The van der Waals surface area contributed by atoms with Crippen LogP contribution in [0.2, 0.25) is 0 Å². The fraction of sp³-hybridized carbons (Fsp3) is 0.286. The molecule has 0 aliphatic carbocycles. The molecule has 1 aromatic carbocycles. The molecule has 0 aliphatic heterocycles. The topological polar surface area (TPSA) is 124 Å². The fourth-order valence-electron chi connectivity index (χ4n) is 2.06. The predicted molar refractivity (Wildman–Crippen MR) is 89.6 cm³/mol. The van der Waals surface area contributed by atoms with Crippen molar-refractivity contribution >= 4 is 31.5 Å². The molecule has 9 nitrogen and oxygen atoms in total. The van der Waals surface area contributed by atoms with Gasteiger partial charge in [-0.15, -0.1) is 0 Å². The van der Waals surface area contributed by atoms with Crippen molar-refractivity contribution in [1.29, 1.82) is 0 Å². The van der Waals surface area contributed by atoms with Crippen LogP contribution < -0.4 is 4.72 Å². The van der Waals surface area contributed by atoms with Crippen LogP contribution in [0.15, 0.2) is 34.2 Å². The first-order valence-corrected chi connectivity index (χ1v) is 10.3. The molecule has 0 saturated carbocycles. The van der Waals surface area contributed by atoms with Crippen LogP contribution >= 0.6 is 0 Å². The summed E-state index contributed by atoms with van der Waals surface area (Å²) in [5.74, 6) is -0.869. The third kappa shape index (κ3) is 3.82. The van der Waals surface area contributed by atoms with Gasteiger partial charge in [0.2, 0.25) is 0 Å². The average Bonchev–Trinajstić information content (AvgIpc) is 2.85. The van der Waals surface area contributed by atoms with E-state index in [-0.39, 0.29) is 21.0 Å². The third-order valence-electron chi connectivity index (χ3n) is 3.55. The molecule has 2 aromatic rings. The van der Waals surface area contributed by atoms with E-state index in [1.165, 1.54) is 23.0 Å². The largest absolute Gasteiger partial charge is 0.465 e. The smallest absolute Gasteiger partial charge is 0.340 e. The average molecular weight is 387 g/mol. The van der Waals surface area contributed by atoms with E-state index in [0.29, 0.717) is 5.69 Å². The summed E-state index contributed by atoms with van der Waals surface area (Å²) in [5, 5.41) is 3.87. The maximum atomic E-state index is 12.5. The van der Waals surface area contributed by atoms with Crippen LogP contribution in [0.4, 0.5) is 5.69 Å². The highest BCUT2D eigenvalue weighted by atomic mass is 32.2. The van der Waals surface area contributed by atoms with Crippen molar-refractivity contribution in [3.8, 4) is 0 Å². The Hall–Kier alpha value is -2.40. The normalized spacial score (nSPS) is 12.0. The number of aromatic nitrogens is 2. The van der Waals surface area contributed by atoms with E-state index < -0.39 is 25.8 Å². The summed E-state index contributed by atoms with van der Waals surface area (Å²) in [6.07, 6.45) is 2.16. The standard InChI is InChI=1S/C14H17N3O6S2/c1-9-13(8-15-17(9)2)25(21,22)16-12-6-5-10(24(4,19)20)7-11(12)14(18)23-3/h5-8,16H,1-4H3. The Morgan fingerprint density at radius 2 is 1.88 bits per heavy atom. The molecule has 0 fully saturated rings. The molecule has 1 N–H and O–H groups in total. The fourth-order valence-corrected chi connectivity index (χ4v) is 4.00. The molecule has 0 unspecified atom stereocenters. The van der Waals surface area contributed by atoms with E-state index in [1.807, 2.05) is 0 Å². The van der Waals surface area contributed by atoms with Gasteiger partial charge in [0.25, 0.3) is 10.0 Å². The van der Waals surface area contributed by atoms with E-state index in [2.05, 4.69) is 14.6 Å². The van der Waals surface area contributed by atoms with E-state index in [0.717, 1.165) is 19.4 Å². The highest BCUT2D eigenvalue weighted by molar-refractivity contribution is 7.92. The molecule has 2 rings (SSSR count). The first-order valence-electron chi connectivity index (χ1n) is 6.91. The number of sulfone groups is 1. The SMILES string of the molecule is COC(=O)c1cc(S(C)(=O)=O)ccc1NS(=O)(=O)c1cnn(C)c1C. The van der Waals surface area contributed by atoms with Crippen molar-refractivity contribution in [2.24, 2.45) is 7.05 Å². The van der Waals surface area contributed by atoms with Crippen molar-refractivity contribution in [2.45, 2.75) is 16.7 Å². The van der Waals surface area contributed by atoms with Gasteiger partial charge in [0, 0.05) is 13.3 Å². The van der Waals surface area contributed by atoms with Gasteiger partial charge in [-0.1, -0.05) is 0 Å². The van der Waals surface area contributed by atoms with E-state index >= 15 is 0 Å². The number of carbonyl (C=O) groups excluding carboxylic acids is 1. The molecular formula is C14H17N3O6S2. The van der Waals surface area contributed by atoms with Crippen LogP contribution in [0.1, 0.15) is 16.1 Å². The minimum absolute atomic E-state index is 0.0574. The van der Waals surface area contributed by atoms with Crippen LogP contribution in [0.5, 0.6) is 0 Å². The third-order valence-corrected chi connectivity index (χ3v) is 6.13. The number of nitrogens with one attached hydrogen (secondary N) is 1. The summed E-state index contributed by atoms with van der Waals surface area (Å²) in [6, 6.07) is 3.47. The monoisotopic (exact) mass is 387 g/mol. The molecule has 1 heterocycles.